The van der Waals surface area contributed by atoms with E-state index < -0.39 is 5.97 Å². The van der Waals surface area contributed by atoms with Crippen molar-refractivity contribution >= 4 is 22.4 Å². The van der Waals surface area contributed by atoms with Crippen LogP contribution in [0.5, 0.6) is 0 Å². The molecule has 0 aromatic carbocycles. The van der Waals surface area contributed by atoms with Crippen molar-refractivity contribution < 1.29 is 14.3 Å². The van der Waals surface area contributed by atoms with Crippen LogP contribution in [0.3, 0.4) is 0 Å². The molecule has 1 N–H and O–H groups in total. The van der Waals surface area contributed by atoms with E-state index in [2.05, 4.69) is 15.1 Å². The minimum absolute atomic E-state index is 0.383. The normalized spacial score (nSPS) is 16.8. The fraction of sp³-hybridized carbons (Fsp3) is 0.600. The van der Waals surface area contributed by atoms with Crippen molar-refractivity contribution in [2.45, 2.75) is 6.92 Å². The standard InChI is InChI=1S/C10H15N3O3S/c1-7-8(9(14)15-2)11-10(17-7)12-13-3-5-16-6-4-13/h3-6H2,1-2H3,(H,11,12). The van der Waals surface area contributed by atoms with E-state index in [1.165, 1.54) is 18.4 Å². The molecule has 1 aromatic rings. The fourth-order valence-electron chi connectivity index (χ4n) is 1.54. The second kappa shape index (κ2) is 5.44. The van der Waals surface area contributed by atoms with E-state index >= 15 is 0 Å². The quantitative estimate of drug-likeness (QED) is 0.812. The number of methoxy groups -OCH3 is 1. The van der Waals surface area contributed by atoms with E-state index in [1.807, 2.05) is 11.9 Å². The van der Waals surface area contributed by atoms with Crippen molar-refractivity contribution in [3.8, 4) is 0 Å². The van der Waals surface area contributed by atoms with Crippen molar-refractivity contribution in [3.05, 3.63) is 10.6 Å². The van der Waals surface area contributed by atoms with Crippen LogP contribution in [0.2, 0.25) is 0 Å². The number of esters is 1. The number of hydrazine groups is 1. The van der Waals surface area contributed by atoms with Gasteiger partial charge in [0.25, 0.3) is 0 Å². The van der Waals surface area contributed by atoms with Gasteiger partial charge in [0.15, 0.2) is 10.8 Å². The summed E-state index contributed by atoms with van der Waals surface area (Å²) in [4.78, 5) is 16.5. The Kier molecular flexibility index (Phi) is 3.93. The zero-order valence-electron chi connectivity index (χ0n) is 9.86. The summed E-state index contributed by atoms with van der Waals surface area (Å²) in [5.41, 5.74) is 3.56. The second-order valence-corrected chi connectivity index (χ2v) is 4.83. The number of aryl methyl sites for hydroxylation is 1. The lowest BCUT2D eigenvalue weighted by atomic mass is 10.4. The van der Waals surface area contributed by atoms with Crippen LogP contribution in [0.4, 0.5) is 5.13 Å². The number of aromatic nitrogens is 1. The Morgan fingerprint density at radius 1 is 1.53 bits per heavy atom. The number of nitrogens with zero attached hydrogens (tertiary/aromatic N) is 2. The fourth-order valence-corrected chi connectivity index (χ4v) is 2.37. The number of hydrogen-bond acceptors (Lipinski definition) is 7. The lowest BCUT2D eigenvalue weighted by Crippen LogP contribution is -2.40. The topological polar surface area (TPSA) is 63.7 Å². The molecule has 1 fully saturated rings. The summed E-state index contributed by atoms with van der Waals surface area (Å²) in [6.07, 6.45) is 0. The van der Waals surface area contributed by atoms with Gasteiger partial charge in [0.05, 0.1) is 20.3 Å². The molecule has 6 nitrogen and oxygen atoms in total. The second-order valence-electron chi connectivity index (χ2n) is 3.63. The monoisotopic (exact) mass is 257 g/mol. The summed E-state index contributed by atoms with van der Waals surface area (Å²) in [6, 6.07) is 0. The SMILES string of the molecule is COC(=O)c1nc(NN2CCOCC2)sc1C. The van der Waals surface area contributed by atoms with Gasteiger partial charge in [-0.1, -0.05) is 0 Å². The highest BCUT2D eigenvalue weighted by Gasteiger charge is 2.17. The number of rotatable bonds is 3. The molecule has 0 atom stereocenters. The number of ether oxygens (including phenoxy) is 2. The van der Waals surface area contributed by atoms with E-state index in [-0.39, 0.29) is 0 Å². The van der Waals surface area contributed by atoms with Crippen LogP contribution >= 0.6 is 11.3 Å². The summed E-state index contributed by atoms with van der Waals surface area (Å²) < 4.78 is 9.91. The molecule has 0 unspecified atom stereocenters. The van der Waals surface area contributed by atoms with Crippen molar-refractivity contribution in [1.82, 2.24) is 9.99 Å². The van der Waals surface area contributed by atoms with E-state index in [0.29, 0.717) is 24.0 Å². The van der Waals surface area contributed by atoms with Gasteiger partial charge in [-0.05, 0) is 6.92 Å². The van der Waals surface area contributed by atoms with Gasteiger partial charge in [0.1, 0.15) is 0 Å². The van der Waals surface area contributed by atoms with Crippen molar-refractivity contribution in [1.29, 1.82) is 0 Å². The lowest BCUT2D eigenvalue weighted by Gasteiger charge is -2.26. The smallest absolute Gasteiger partial charge is 0.357 e. The number of hydrogen-bond donors (Lipinski definition) is 1. The minimum Gasteiger partial charge on any atom is -0.464 e. The summed E-state index contributed by atoms with van der Waals surface area (Å²) in [6.45, 7) is 4.90. The molecule has 1 aliphatic heterocycles. The molecule has 2 rings (SSSR count). The average molecular weight is 257 g/mol. The third-order valence-corrected chi connectivity index (χ3v) is 3.32. The van der Waals surface area contributed by atoms with Crippen LogP contribution in [-0.4, -0.2) is 49.4 Å². The number of morpholine rings is 1. The highest BCUT2D eigenvalue weighted by Crippen LogP contribution is 2.23. The number of carbonyl (C=O) groups excluding carboxylic acids is 1. The van der Waals surface area contributed by atoms with Gasteiger partial charge >= 0.3 is 5.97 Å². The lowest BCUT2D eigenvalue weighted by molar-refractivity contribution is 0.0496. The zero-order chi connectivity index (χ0) is 12.3. The molecular formula is C10H15N3O3S. The molecule has 0 radical (unpaired) electrons. The van der Waals surface area contributed by atoms with Gasteiger partial charge in [0, 0.05) is 18.0 Å². The van der Waals surface area contributed by atoms with E-state index in [0.717, 1.165) is 18.0 Å². The Morgan fingerprint density at radius 2 is 2.24 bits per heavy atom. The molecule has 1 aliphatic rings. The summed E-state index contributed by atoms with van der Waals surface area (Å²) >= 11 is 1.45. The maximum absolute atomic E-state index is 11.4. The molecule has 17 heavy (non-hydrogen) atoms. The Morgan fingerprint density at radius 3 is 2.88 bits per heavy atom. The first-order valence-corrected chi connectivity index (χ1v) is 6.17. The first kappa shape index (κ1) is 12.3. The number of thiazole rings is 1. The van der Waals surface area contributed by atoms with Gasteiger partial charge < -0.3 is 9.47 Å². The van der Waals surface area contributed by atoms with Gasteiger partial charge in [0.2, 0.25) is 0 Å². The molecule has 0 saturated carbocycles. The third kappa shape index (κ3) is 2.93. The molecule has 0 aliphatic carbocycles. The molecule has 0 bridgehead atoms. The van der Waals surface area contributed by atoms with E-state index in [1.54, 1.807) is 0 Å². The van der Waals surface area contributed by atoms with E-state index in [9.17, 15) is 4.79 Å². The first-order chi connectivity index (χ1) is 8.20. The number of anilines is 1. The molecule has 1 aromatic heterocycles. The average Bonchev–Trinajstić information content (AvgIpc) is 2.70. The molecule has 0 spiro atoms. The largest absolute Gasteiger partial charge is 0.464 e. The molecular weight excluding hydrogens is 242 g/mol. The van der Waals surface area contributed by atoms with Crippen LogP contribution in [-0.2, 0) is 9.47 Å². The summed E-state index contributed by atoms with van der Waals surface area (Å²) in [5, 5.41) is 2.74. The predicted molar refractivity (Wildman–Crippen MR) is 64.2 cm³/mol. The van der Waals surface area contributed by atoms with Crippen LogP contribution < -0.4 is 5.43 Å². The van der Waals surface area contributed by atoms with Crippen LogP contribution in [0.1, 0.15) is 15.4 Å². The summed E-state index contributed by atoms with van der Waals surface area (Å²) in [7, 11) is 1.36. The maximum Gasteiger partial charge on any atom is 0.357 e. The maximum atomic E-state index is 11.4. The van der Waals surface area contributed by atoms with Crippen LogP contribution in [0.15, 0.2) is 0 Å². The van der Waals surface area contributed by atoms with Gasteiger partial charge in [-0.15, -0.1) is 11.3 Å². The highest BCUT2D eigenvalue weighted by molar-refractivity contribution is 7.15. The number of nitrogens with one attached hydrogen (secondary N) is 1. The van der Waals surface area contributed by atoms with Crippen LogP contribution in [0, 0.1) is 6.92 Å². The Labute approximate surface area is 104 Å². The van der Waals surface area contributed by atoms with Gasteiger partial charge in [-0.25, -0.2) is 14.8 Å². The Hall–Kier alpha value is -1.18. The third-order valence-electron chi connectivity index (χ3n) is 2.44. The van der Waals surface area contributed by atoms with Gasteiger partial charge in [-0.2, -0.15) is 0 Å². The molecule has 2 heterocycles. The summed E-state index contributed by atoms with van der Waals surface area (Å²) in [5.74, 6) is -0.395. The van der Waals surface area contributed by atoms with E-state index in [4.69, 9.17) is 4.74 Å². The first-order valence-electron chi connectivity index (χ1n) is 5.36. The predicted octanol–water partition coefficient (Wildman–Crippen LogP) is 0.897. The molecule has 7 heteroatoms. The van der Waals surface area contributed by atoms with Crippen LogP contribution in [0.25, 0.3) is 0 Å². The minimum atomic E-state index is -0.395. The van der Waals surface area contributed by atoms with Crippen molar-refractivity contribution in [2.24, 2.45) is 0 Å². The zero-order valence-corrected chi connectivity index (χ0v) is 10.7. The van der Waals surface area contributed by atoms with Crippen molar-refractivity contribution in [2.75, 3.05) is 38.8 Å². The number of carbonyl (C=O) groups is 1. The van der Waals surface area contributed by atoms with Gasteiger partial charge in [-0.3, -0.25) is 5.43 Å². The Bertz CT molecular complexity index is 402. The molecule has 94 valence electrons. The highest BCUT2D eigenvalue weighted by atomic mass is 32.1. The molecule has 1 saturated heterocycles. The Balaban J connectivity index is 2.03. The molecule has 0 amide bonds. The van der Waals surface area contributed by atoms with Crippen molar-refractivity contribution in [3.63, 3.8) is 0 Å².